The second-order valence-corrected chi connectivity index (χ2v) is 7.11. The number of benzene rings is 2. The Morgan fingerprint density at radius 2 is 2.07 bits per heavy atom. The van der Waals surface area contributed by atoms with Gasteiger partial charge in [0, 0.05) is 40.5 Å². The molecule has 3 aromatic rings. The number of carbonyl (C=O) groups is 2. The van der Waals surface area contributed by atoms with E-state index in [1.165, 1.54) is 11.9 Å². The maximum atomic E-state index is 12.1. The number of esters is 1. The van der Waals surface area contributed by atoms with Crippen molar-refractivity contribution in [3.05, 3.63) is 65.5 Å². The van der Waals surface area contributed by atoms with Crippen molar-refractivity contribution in [1.29, 1.82) is 0 Å². The van der Waals surface area contributed by atoms with Crippen LogP contribution in [-0.4, -0.2) is 35.0 Å². The van der Waals surface area contributed by atoms with Gasteiger partial charge in [0.1, 0.15) is 12.1 Å². The molecule has 4 rings (SSSR count). The summed E-state index contributed by atoms with van der Waals surface area (Å²) in [6.45, 7) is 2.73. The first kappa shape index (κ1) is 19.8. The molecule has 1 aliphatic rings. The monoisotopic (exact) mass is 422 g/mol. The number of nitrogens with zero attached hydrogens (tertiary/aromatic N) is 3. The Morgan fingerprint density at radius 3 is 2.90 bits per heavy atom. The maximum Gasteiger partial charge on any atom is 0.330 e. The van der Waals surface area contributed by atoms with Gasteiger partial charge in [-0.05, 0) is 49.2 Å². The Balaban J connectivity index is 1.63. The molecule has 1 aromatic heterocycles. The first-order chi connectivity index (χ1) is 14.5. The van der Waals surface area contributed by atoms with Crippen LogP contribution in [0.15, 0.2) is 54.9 Å². The summed E-state index contributed by atoms with van der Waals surface area (Å²) in [6, 6.07) is 11.2. The van der Waals surface area contributed by atoms with Crippen LogP contribution in [0.25, 0.3) is 10.9 Å². The van der Waals surface area contributed by atoms with E-state index in [1.807, 2.05) is 30.3 Å². The van der Waals surface area contributed by atoms with E-state index in [9.17, 15) is 9.59 Å². The zero-order valence-corrected chi connectivity index (χ0v) is 17.0. The van der Waals surface area contributed by atoms with Gasteiger partial charge in [0.25, 0.3) is 0 Å². The van der Waals surface area contributed by atoms with Crippen molar-refractivity contribution < 1.29 is 14.3 Å². The van der Waals surface area contributed by atoms with Crippen LogP contribution in [0.3, 0.4) is 0 Å². The van der Waals surface area contributed by atoms with Gasteiger partial charge in [-0.15, -0.1) is 0 Å². The summed E-state index contributed by atoms with van der Waals surface area (Å²) in [6.07, 6.45) is 4.66. The van der Waals surface area contributed by atoms with Crippen molar-refractivity contribution in [2.24, 2.45) is 0 Å². The number of fused-ring (bicyclic) bond motifs is 2. The van der Waals surface area contributed by atoms with E-state index in [4.69, 9.17) is 16.3 Å². The summed E-state index contributed by atoms with van der Waals surface area (Å²) in [5.74, 6) is -0.244. The van der Waals surface area contributed by atoms with Gasteiger partial charge in [0.15, 0.2) is 0 Å². The number of halogens is 1. The lowest BCUT2D eigenvalue weighted by Gasteiger charge is -2.20. The second-order valence-electron chi connectivity index (χ2n) is 6.68. The molecule has 0 saturated heterocycles. The Kier molecular flexibility index (Phi) is 5.63. The molecular formula is C22H19ClN4O3. The smallest absolute Gasteiger partial charge is 0.330 e. The highest BCUT2D eigenvalue weighted by Crippen LogP contribution is 2.38. The summed E-state index contributed by atoms with van der Waals surface area (Å²) in [4.78, 5) is 34.5. The fourth-order valence-corrected chi connectivity index (χ4v) is 3.59. The first-order valence-corrected chi connectivity index (χ1v) is 9.89. The van der Waals surface area contributed by atoms with E-state index in [-0.39, 0.29) is 6.61 Å². The number of anilines is 3. The van der Waals surface area contributed by atoms with Crippen molar-refractivity contribution in [3.63, 3.8) is 0 Å². The first-order valence-electron chi connectivity index (χ1n) is 9.51. The number of ether oxygens (including phenoxy) is 1. The number of nitrogens with one attached hydrogen (secondary N) is 1. The lowest BCUT2D eigenvalue weighted by Crippen LogP contribution is -2.15. The number of hydrogen-bond acceptors (Lipinski definition) is 6. The zero-order valence-electron chi connectivity index (χ0n) is 16.3. The molecule has 7 nitrogen and oxygen atoms in total. The predicted molar refractivity (Wildman–Crippen MR) is 116 cm³/mol. The van der Waals surface area contributed by atoms with Gasteiger partial charge >= 0.3 is 5.97 Å². The molecule has 152 valence electrons. The van der Waals surface area contributed by atoms with E-state index in [0.717, 1.165) is 47.5 Å². The van der Waals surface area contributed by atoms with Crippen molar-refractivity contribution >= 4 is 51.6 Å². The number of carbonyl (C=O) groups excluding carboxylic acids is 2. The second kappa shape index (κ2) is 8.51. The van der Waals surface area contributed by atoms with Gasteiger partial charge in [0.05, 0.1) is 12.1 Å². The maximum absolute atomic E-state index is 12.1. The SMILES string of the molecule is CCOC(=O)C=CC(=O)Nc1ccc2ncnc(N3CCc4ccc(Cl)cc43)c2c1. The average molecular weight is 423 g/mol. The average Bonchev–Trinajstić information content (AvgIpc) is 3.15. The third-order valence-corrected chi connectivity index (χ3v) is 4.97. The van der Waals surface area contributed by atoms with Crippen molar-refractivity contribution in [1.82, 2.24) is 9.97 Å². The van der Waals surface area contributed by atoms with Crippen molar-refractivity contribution in [3.8, 4) is 0 Å². The molecule has 0 saturated carbocycles. The quantitative estimate of drug-likeness (QED) is 0.493. The molecule has 0 aliphatic carbocycles. The minimum Gasteiger partial charge on any atom is -0.463 e. The fourth-order valence-electron chi connectivity index (χ4n) is 3.43. The molecule has 1 amide bonds. The predicted octanol–water partition coefficient (Wildman–Crippen LogP) is 4.04. The van der Waals surface area contributed by atoms with Gasteiger partial charge in [-0.3, -0.25) is 4.79 Å². The van der Waals surface area contributed by atoms with Crippen LogP contribution >= 0.6 is 11.6 Å². The molecule has 0 fully saturated rings. The molecule has 2 aromatic carbocycles. The van der Waals surface area contributed by atoms with Gasteiger partial charge in [-0.1, -0.05) is 17.7 Å². The Labute approximate surface area is 178 Å². The molecule has 2 heterocycles. The molecule has 8 heteroatoms. The molecule has 30 heavy (non-hydrogen) atoms. The van der Waals surface area contributed by atoms with Crippen molar-refractivity contribution in [2.45, 2.75) is 13.3 Å². The van der Waals surface area contributed by atoms with Crippen molar-refractivity contribution in [2.75, 3.05) is 23.4 Å². The van der Waals surface area contributed by atoms with E-state index >= 15 is 0 Å². The van der Waals surface area contributed by atoms with Gasteiger partial charge < -0.3 is 15.0 Å². The Hall–Kier alpha value is -3.45. The topological polar surface area (TPSA) is 84.4 Å². The number of amides is 1. The van der Waals surface area contributed by atoms with Gasteiger partial charge in [-0.2, -0.15) is 0 Å². The van der Waals surface area contributed by atoms with Crippen LogP contribution in [0.4, 0.5) is 17.2 Å². The van der Waals surface area contributed by atoms with E-state index in [1.54, 1.807) is 13.0 Å². The largest absolute Gasteiger partial charge is 0.463 e. The zero-order chi connectivity index (χ0) is 21.1. The van der Waals surface area contributed by atoms with Crippen LogP contribution in [0.2, 0.25) is 5.02 Å². The van der Waals surface area contributed by atoms with E-state index < -0.39 is 11.9 Å². The summed E-state index contributed by atoms with van der Waals surface area (Å²) in [5, 5.41) is 4.22. The minimum absolute atomic E-state index is 0.253. The molecule has 1 N–H and O–H groups in total. The molecule has 0 radical (unpaired) electrons. The Bertz CT molecular complexity index is 1160. The summed E-state index contributed by atoms with van der Waals surface area (Å²) in [5.41, 5.74) is 3.56. The lowest BCUT2D eigenvalue weighted by atomic mass is 10.1. The van der Waals surface area contributed by atoms with Crippen LogP contribution in [0.1, 0.15) is 12.5 Å². The highest BCUT2D eigenvalue weighted by molar-refractivity contribution is 6.31. The normalized spacial score (nSPS) is 12.9. The van der Waals surface area contributed by atoms with Crippen LogP contribution < -0.4 is 10.2 Å². The number of rotatable bonds is 5. The van der Waals surface area contributed by atoms with Crippen LogP contribution in [0, 0.1) is 0 Å². The highest BCUT2D eigenvalue weighted by Gasteiger charge is 2.23. The lowest BCUT2D eigenvalue weighted by molar-refractivity contribution is -0.137. The Morgan fingerprint density at radius 1 is 1.20 bits per heavy atom. The number of aromatic nitrogens is 2. The molecule has 0 spiro atoms. The summed E-state index contributed by atoms with van der Waals surface area (Å²) >= 11 is 6.20. The molecule has 0 unspecified atom stereocenters. The highest BCUT2D eigenvalue weighted by atomic mass is 35.5. The summed E-state index contributed by atoms with van der Waals surface area (Å²) < 4.78 is 4.77. The van der Waals surface area contributed by atoms with E-state index in [0.29, 0.717) is 10.7 Å². The standard InChI is InChI=1S/C22H19ClN4O3/c1-2-30-21(29)8-7-20(28)26-16-5-6-18-17(12-16)22(25-13-24-18)27-10-9-14-3-4-15(23)11-19(14)27/h3-8,11-13H,2,9-10H2,1H3,(H,26,28). The summed E-state index contributed by atoms with van der Waals surface area (Å²) in [7, 11) is 0. The third kappa shape index (κ3) is 4.11. The van der Waals surface area contributed by atoms with Gasteiger partial charge in [-0.25, -0.2) is 14.8 Å². The third-order valence-electron chi connectivity index (χ3n) is 4.74. The van der Waals surface area contributed by atoms with Crippen LogP contribution in [0.5, 0.6) is 0 Å². The van der Waals surface area contributed by atoms with Crippen LogP contribution in [-0.2, 0) is 20.7 Å². The molecule has 1 aliphatic heterocycles. The molecular weight excluding hydrogens is 404 g/mol. The fraction of sp³-hybridized carbons (Fsp3) is 0.182. The minimum atomic E-state index is -0.562. The molecule has 0 bridgehead atoms. The molecule has 0 atom stereocenters. The number of hydrogen-bond donors (Lipinski definition) is 1. The van der Waals surface area contributed by atoms with Gasteiger partial charge in [0.2, 0.25) is 5.91 Å². The van der Waals surface area contributed by atoms with E-state index in [2.05, 4.69) is 20.2 Å².